The van der Waals surface area contributed by atoms with E-state index in [2.05, 4.69) is 42.5 Å². The van der Waals surface area contributed by atoms with E-state index in [1.165, 1.54) is 18.7 Å². The van der Waals surface area contributed by atoms with Crippen LogP contribution in [0.15, 0.2) is 0 Å². The van der Waals surface area contributed by atoms with Crippen molar-refractivity contribution in [3.63, 3.8) is 0 Å². The largest absolute Gasteiger partial charge is 0.481 e. The highest BCUT2D eigenvalue weighted by Crippen LogP contribution is 2.22. The maximum absolute atomic E-state index is 14.0. The summed E-state index contributed by atoms with van der Waals surface area (Å²) in [6.07, 6.45) is -1.79. The molecule has 1 heterocycles. The van der Waals surface area contributed by atoms with E-state index in [1.54, 1.807) is 27.7 Å². The zero-order chi connectivity index (χ0) is 51.1. The zero-order valence-electron chi connectivity index (χ0n) is 39.1. The van der Waals surface area contributed by atoms with Gasteiger partial charge in [0.2, 0.25) is 53.2 Å². The molecule has 1 aliphatic rings. The Morgan fingerprint density at radius 2 is 1.24 bits per heavy atom. The van der Waals surface area contributed by atoms with Crippen LogP contribution in [0.3, 0.4) is 0 Å². The lowest BCUT2D eigenvalue weighted by molar-refractivity contribution is -0.142. The monoisotopic (exact) mass is 957 g/mol. The van der Waals surface area contributed by atoms with Crippen molar-refractivity contribution in [1.82, 2.24) is 47.4 Å². The second kappa shape index (κ2) is 29.6. The minimum Gasteiger partial charge on any atom is -0.481 e. The summed E-state index contributed by atoms with van der Waals surface area (Å²) in [6.45, 7) is 8.64. The van der Waals surface area contributed by atoms with Gasteiger partial charge in [-0.05, 0) is 70.8 Å². The Bertz CT molecular complexity index is 1750. The first-order valence-corrected chi connectivity index (χ1v) is 22.3. The lowest BCUT2D eigenvalue weighted by atomic mass is 10.0. The fourth-order valence-corrected chi connectivity index (χ4v) is 6.92. The molecule has 0 saturated carbocycles. The van der Waals surface area contributed by atoms with E-state index in [1.807, 2.05) is 0 Å². The second-order valence-corrected chi connectivity index (χ2v) is 17.2. The molecule has 17 N–H and O–H groups in total. The van der Waals surface area contributed by atoms with Gasteiger partial charge in [-0.15, -0.1) is 0 Å². The summed E-state index contributed by atoms with van der Waals surface area (Å²) < 4.78 is 0. The maximum Gasteiger partial charge on any atom is 0.305 e. The van der Waals surface area contributed by atoms with Crippen molar-refractivity contribution in [2.24, 2.45) is 29.0 Å². The number of nitrogens with two attached hydrogens (primary N) is 3. The molecule has 1 aliphatic heterocycles. The normalized spacial score (nSPS) is 17.1. The predicted octanol–water partition coefficient (Wildman–Crippen LogP) is -5.07. The Kier molecular flexibility index (Phi) is 26.1. The fourth-order valence-electron chi connectivity index (χ4n) is 6.92. The molecule has 1 fully saturated rings. The van der Waals surface area contributed by atoms with Crippen LogP contribution in [-0.2, 0) is 52.7 Å². The van der Waals surface area contributed by atoms with Crippen LogP contribution in [0.1, 0.15) is 99.3 Å². The Morgan fingerprint density at radius 3 is 1.78 bits per heavy atom. The lowest BCUT2D eigenvalue weighted by Crippen LogP contribution is -2.60. The number of nitrogens with one attached hydrogen (secondary N) is 8. The van der Waals surface area contributed by atoms with Crippen molar-refractivity contribution in [3.8, 4) is 0 Å². The number of hydrogen-bond donors (Lipinski definition) is 14. The van der Waals surface area contributed by atoms with Gasteiger partial charge >= 0.3 is 11.9 Å². The van der Waals surface area contributed by atoms with Crippen molar-refractivity contribution < 1.29 is 68.1 Å². The van der Waals surface area contributed by atoms with Crippen molar-refractivity contribution in [3.05, 3.63) is 0 Å². The third-order valence-electron chi connectivity index (χ3n) is 10.5. The molecule has 9 atom stereocenters. The van der Waals surface area contributed by atoms with E-state index in [9.17, 15) is 68.1 Å². The quantitative estimate of drug-likeness (QED) is 0.0228. The molecule has 1 rings (SSSR count). The molecule has 0 aromatic rings. The fraction of sp³-hybridized carbons (Fsp3) is 0.732. The minimum atomic E-state index is -1.75. The number of carboxylic acid groups (broad SMARTS) is 2. The lowest BCUT2D eigenvalue weighted by Gasteiger charge is -2.34. The summed E-state index contributed by atoms with van der Waals surface area (Å²) in [5.41, 5.74) is 16.5. The number of hydrogen-bond acceptors (Lipinski definition) is 15. The van der Waals surface area contributed by atoms with Gasteiger partial charge in [-0.1, -0.05) is 34.1 Å². The highest BCUT2D eigenvalue weighted by Gasteiger charge is 2.40. The van der Waals surface area contributed by atoms with E-state index >= 15 is 0 Å². The second-order valence-electron chi connectivity index (χ2n) is 17.2. The number of aliphatic hydroxyl groups is 1. The number of unbranched alkanes of at least 4 members (excludes halogenated alkanes) is 1. The van der Waals surface area contributed by atoms with Gasteiger partial charge in [0.15, 0.2) is 0 Å². The number of amides is 9. The van der Waals surface area contributed by atoms with Crippen LogP contribution < -0.4 is 59.7 Å². The summed E-state index contributed by atoms with van der Waals surface area (Å²) >= 11 is 0. The third kappa shape index (κ3) is 21.9. The van der Waals surface area contributed by atoms with E-state index in [0.29, 0.717) is 19.3 Å². The van der Waals surface area contributed by atoms with E-state index in [4.69, 9.17) is 17.2 Å². The first kappa shape index (κ1) is 59.0. The Hall–Kier alpha value is -5.99. The highest BCUT2D eigenvalue weighted by molar-refractivity contribution is 5.97. The minimum absolute atomic E-state index is 0.00532. The van der Waals surface area contributed by atoms with Crippen molar-refractivity contribution in [1.29, 1.82) is 0 Å². The Labute approximate surface area is 389 Å². The average molecular weight is 957 g/mol. The number of carbonyl (C=O) groups is 11. The molecule has 9 amide bonds. The molecular weight excluding hydrogens is 885 g/mol. The molecule has 0 aromatic carbocycles. The third-order valence-corrected chi connectivity index (χ3v) is 10.5. The molecule has 26 heteroatoms. The van der Waals surface area contributed by atoms with Crippen molar-refractivity contribution in [2.45, 2.75) is 154 Å². The van der Waals surface area contributed by atoms with Crippen LogP contribution in [-0.4, -0.2) is 166 Å². The van der Waals surface area contributed by atoms with Gasteiger partial charge in [0.25, 0.3) is 0 Å². The van der Waals surface area contributed by atoms with E-state index < -0.39 is 146 Å². The molecule has 26 nitrogen and oxygen atoms in total. The molecule has 0 spiro atoms. The van der Waals surface area contributed by atoms with Crippen LogP contribution in [0, 0.1) is 11.8 Å². The van der Waals surface area contributed by atoms with Gasteiger partial charge in [0.1, 0.15) is 36.4 Å². The van der Waals surface area contributed by atoms with Gasteiger partial charge in [-0.25, -0.2) is 0 Å². The van der Waals surface area contributed by atoms with Crippen LogP contribution in [0.5, 0.6) is 0 Å². The Balaban J connectivity index is 3.22. The summed E-state index contributed by atoms with van der Waals surface area (Å²) in [7, 11) is 0. The van der Waals surface area contributed by atoms with Crippen molar-refractivity contribution in [2.75, 3.05) is 26.2 Å². The van der Waals surface area contributed by atoms with Crippen LogP contribution in [0.2, 0.25) is 0 Å². The molecule has 380 valence electrons. The summed E-state index contributed by atoms with van der Waals surface area (Å²) in [5, 5.41) is 50.0. The average Bonchev–Trinajstić information content (AvgIpc) is 3.74. The topological polar surface area (TPSA) is 426 Å². The molecule has 0 radical (unpaired) electrons. The first-order chi connectivity index (χ1) is 31.3. The number of carboxylic acids is 2. The number of carbonyl (C=O) groups excluding carboxylic acids is 9. The number of primary amides is 1. The van der Waals surface area contributed by atoms with Gasteiger partial charge in [-0.3, -0.25) is 58.1 Å². The van der Waals surface area contributed by atoms with Crippen LogP contribution >= 0.6 is 0 Å². The molecule has 0 aromatic heterocycles. The number of aliphatic carboxylic acids is 2. The number of nitrogens with zero attached hydrogens (tertiary/aromatic N) is 1. The van der Waals surface area contributed by atoms with Gasteiger partial charge < -0.3 is 74.6 Å². The predicted molar refractivity (Wildman–Crippen MR) is 238 cm³/mol. The SMILES string of the molecule is CC(C)C[C@H](NC(=O)[C@H](CCCCN)N[C@H](O)[C@@H]1CCCN1C(=O)[C@H](CCC(=O)O)NC(=O)CNC(=O)[C@H](C)N)C(=O)N[C@@H](CC(=O)O)C(=O)N[C@@H](C)C(=O)NCC(=O)N[C@H](C(N)=O)C(C)C. The first-order valence-electron chi connectivity index (χ1n) is 22.3. The molecule has 0 bridgehead atoms. The van der Waals surface area contributed by atoms with Crippen LogP contribution in [0.4, 0.5) is 0 Å². The standard InChI is InChI=1S/C41H72N12O14/c1-20(2)16-26(39(65)51-27(17-32(58)59)38(64)47-23(6)36(62)46-19-30(55)52-33(21(3)4)34(44)60)50-37(63)24(10-7-8-14-42)49-40(66)28-11-9-15-53(28)41(67)25(12-13-31(56)57)48-29(54)18-45-35(61)22(5)43/h20-28,33,40,49,66H,7-19,42-43H2,1-6H3,(H2,44,60)(H,45,61)(H,46,62)(H,47,64)(H,48,54)(H,50,63)(H,51,65)(H,52,55)(H,56,57)(H,58,59)/t22-,23-,24-,25-,26-,27-,28-,33-,40+/m0/s1. The zero-order valence-corrected chi connectivity index (χ0v) is 39.1. The van der Waals surface area contributed by atoms with Crippen molar-refractivity contribution >= 4 is 65.1 Å². The van der Waals surface area contributed by atoms with Gasteiger partial charge in [-0.2, -0.15) is 0 Å². The smallest absolute Gasteiger partial charge is 0.305 e. The molecule has 0 aliphatic carbocycles. The number of aliphatic hydroxyl groups excluding tert-OH is 1. The van der Waals surface area contributed by atoms with Gasteiger partial charge in [0.05, 0.1) is 37.6 Å². The van der Waals surface area contributed by atoms with E-state index in [0.717, 1.165) is 0 Å². The highest BCUT2D eigenvalue weighted by atomic mass is 16.4. The summed E-state index contributed by atoms with van der Waals surface area (Å²) in [4.78, 5) is 141. The Morgan fingerprint density at radius 1 is 0.672 bits per heavy atom. The number of rotatable bonds is 31. The maximum atomic E-state index is 14.0. The van der Waals surface area contributed by atoms with Crippen LogP contribution in [0.25, 0.3) is 0 Å². The molecule has 1 saturated heterocycles. The summed E-state index contributed by atoms with van der Waals surface area (Å²) in [5.74, 6) is -10.7. The molecular formula is C41H72N12O14. The summed E-state index contributed by atoms with van der Waals surface area (Å²) in [6, 6.07) is -9.91. The molecule has 67 heavy (non-hydrogen) atoms. The molecule has 0 unspecified atom stereocenters. The number of likely N-dealkylation sites (tertiary alicyclic amines) is 1. The van der Waals surface area contributed by atoms with Gasteiger partial charge in [0, 0.05) is 13.0 Å². The van der Waals surface area contributed by atoms with E-state index in [-0.39, 0.29) is 50.6 Å².